The lowest BCUT2D eigenvalue weighted by Crippen LogP contribution is -2.14. The van der Waals surface area contributed by atoms with E-state index in [9.17, 15) is 4.79 Å². The van der Waals surface area contributed by atoms with Gasteiger partial charge >= 0.3 is 11.7 Å². The van der Waals surface area contributed by atoms with Gasteiger partial charge in [-0.25, -0.2) is 9.89 Å². The van der Waals surface area contributed by atoms with Crippen LogP contribution in [0.2, 0.25) is 0 Å². The van der Waals surface area contributed by atoms with Crippen molar-refractivity contribution in [1.82, 2.24) is 14.9 Å². The summed E-state index contributed by atoms with van der Waals surface area (Å²) in [6, 6.07) is -0.118. The molecule has 0 unspecified atom stereocenters. The second kappa shape index (κ2) is 2.42. The predicted octanol–water partition coefficient (Wildman–Crippen LogP) is -0.793. The minimum absolute atomic E-state index is 0.118. The lowest BCUT2D eigenvalue weighted by Gasteiger charge is -1.95. The van der Waals surface area contributed by atoms with Crippen LogP contribution in [0.4, 0.5) is 0 Å². The summed E-state index contributed by atoms with van der Waals surface area (Å²) >= 11 is 0. The van der Waals surface area contributed by atoms with E-state index in [0.29, 0.717) is 11.3 Å². The highest BCUT2D eigenvalue weighted by atomic mass is 16.6. The van der Waals surface area contributed by atoms with Gasteiger partial charge in [0.1, 0.15) is 0 Å². The molecule has 0 saturated carbocycles. The minimum atomic E-state index is -0.705. The highest BCUT2D eigenvalue weighted by Gasteiger charge is 2.04. The summed E-state index contributed by atoms with van der Waals surface area (Å²) in [4.78, 5) is 10.4. The van der Waals surface area contributed by atoms with Crippen LogP contribution in [-0.2, 0) is 0 Å². The number of aromatic nitrogens is 3. The highest BCUT2D eigenvalue weighted by Crippen LogP contribution is 1.95. The Labute approximate surface area is 56.0 Å². The molecule has 0 aliphatic carbocycles. The van der Waals surface area contributed by atoms with Crippen molar-refractivity contribution in [2.45, 2.75) is 6.92 Å². The van der Waals surface area contributed by atoms with Crippen molar-refractivity contribution in [3.8, 4) is 6.01 Å². The van der Waals surface area contributed by atoms with Crippen molar-refractivity contribution in [2.75, 3.05) is 6.61 Å². The van der Waals surface area contributed by atoms with Crippen LogP contribution in [0.25, 0.3) is 0 Å². The van der Waals surface area contributed by atoms with Gasteiger partial charge in [0.25, 0.3) is 0 Å². The smallest absolute Gasteiger partial charge is 0.379 e. The van der Waals surface area contributed by atoms with Crippen LogP contribution in [0.15, 0.2) is 4.79 Å². The van der Waals surface area contributed by atoms with Crippen LogP contribution in [0, 0.1) is 0 Å². The summed E-state index contributed by atoms with van der Waals surface area (Å²) in [5.41, 5.74) is -0.705. The number of hydrogen-bond donors (Lipinski definition) is 2. The molecule has 1 aromatic rings. The molecular formula is C4H7N3O3. The van der Waals surface area contributed by atoms with Gasteiger partial charge in [-0.05, 0) is 6.92 Å². The van der Waals surface area contributed by atoms with E-state index in [1.807, 2.05) is 5.10 Å². The van der Waals surface area contributed by atoms with Gasteiger partial charge in [-0.2, -0.15) is 0 Å². The Morgan fingerprint density at radius 2 is 2.60 bits per heavy atom. The van der Waals surface area contributed by atoms with Crippen molar-refractivity contribution in [3.05, 3.63) is 10.5 Å². The summed E-state index contributed by atoms with van der Waals surface area (Å²) in [5, 5.41) is 14.1. The number of nitrogens with zero attached hydrogens (tertiary/aromatic N) is 2. The number of rotatable bonds is 2. The van der Waals surface area contributed by atoms with Gasteiger partial charge in [-0.15, -0.1) is 5.10 Å². The number of H-pyrrole nitrogens is 1. The molecule has 1 rings (SSSR count). The van der Waals surface area contributed by atoms with Crippen molar-refractivity contribution in [2.24, 2.45) is 0 Å². The summed E-state index contributed by atoms with van der Waals surface area (Å²) in [7, 11) is 0. The summed E-state index contributed by atoms with van der Waals surface area (Å²) in [6.07, 6.45) is 0. The van der Waals surface area contributed by atoms with Crippen LogP contribution in [-0.4, -0.2) is 26.7 Å². The number of nitrogens with one attached hydrogen (secondary N) is 1. The van der Waals surface area contributed by atoms with E-state index < -0.39 is 5.69 Å². The third-order valence-electron chi connectivity index (χ3n) is 0.894. The van der Waals surface area contributed by atoms with Crippen molar-refractivity contribution >= 4 is 0 Å². The molecule has 6 nitrogen and oxygen atoms in total. The number of ether oxygens (including phenoxy) is 1. The Hall–Kier alpha value is -1.46. The van der Waals surface area contributed by atoms with E-state index in [-0.39, 0.29) is 6.01 Å². The van der Waals surface area contributed by atoms with E-state index in [1.54, 1.807) is 6.92 Å². The van der Waals surface area contributed by atoms with Gasteiger partial charge in [0, 0.05) is 0 Å². The van der Waals surface area contributed by atoms with Crippen LogP contribution in [0.3, 0.4) is 0 Å². The Kier molecular flexibility index (Phi) is 1.61. The lowest BCUT2D eigenvalue weighted by atomic mass is 10.9. The molecule has 0 bridgehead atoms. The molecule has 0 saturated heterocycles. The largest absolute Gasteiger partial charge is 0.462 e. The maximum Gasteiger partial charge on any atom is 0.379 e. The maximum atomic E-state index is 10.4. The van der Waals surface area contributed by atoms with E-state index in [4.69, 9.17) is 9.94 Å². The summed E-state index contributed by atoms with van der Waals surface area (Å²) < 4.78 is 5.04. The average molecular weight is 145 g/mol. The fourth-order valence-corrected chi connectivity index (χ4v) is 0.500. The highest BCUT2D eigenvalue weighted by molar-refractivity contribution is 4.87. The zero-order valence-corrected chi connectivity index (χ0v) is 5.37. The van der Waals surface area contributed by atoms with Crippen LogP contribution in [0.1, 0.15) is 6.92 Å². The van der Waals surface area contributed by atoms with Crippen molar-refractivity contribution in [3.63, 3.8) is 0 Å². The Morgan fingerprint density at radius 3 is 3.00 bits per heavy atom. The van der Waals surface area contributed by atoms with Gasteiger partial charge in [0.2, 0.25) is 0 Å². The molecule has 0 aliphatic rings. The van der Waals surface area contributed by atoms with Crippen LogP contribution in [0.5, 0.6) is 6.01 Å². The van der Waals surface area contributed by atoms with Crippen molar-refractivity contribution < 1.29 is 9.94 Å². The molecule has 0 spiro atoms. The van der Waals surface area contributed by atoms with E-state index in [2.05, 4.69) is 5.10 Å². The second-order valence-corrected chi connectivity index (χ2v) is 1.56. The number of hydrogen-bond acceptors (Lipinski definition) is 4. The van der Waals surface area contributed by atoms with E-state index in [1.165, 1.54) is 0 Å². The van der Waals surface area contributed by atoms with Gasteiger partial charge in [-0.3, -0.25) is 0 Å². The standard InChI is InChI=1S/C4H7N3O3/c1-2-10-4-6-5-3(8)7(4)9/h9H,2H2,1H3,(H,5,8). The SMILES string of the molecule is CCOc1n[nH]c(=O)n1O. The fourth-order valence-electron chi connectivity index (χ4n) is 0.500. The van der Waals surface area contributed by atoms with Crippen LogP contribution >= 0.6 is 0 Å². The molecule has 0 amide bonds. The van der Waals surface area contributed by atoms with Crippen LogP contribution < -0.4 is 10.4 Å². The van der Waals surface area contributed by atoms with Crippen molar-refractivity contribution in [1.29, 1.82) is 0 Å². The first-order valence-electron chi connectivity index (χ1n) is 2.75. The normalized spacial score (nSPS) is 9.70. The van der Waals surface area contributed by atoms with E-state index >= 15 is 0 Å². The molecular weight excluding hydrogens is 138 g/mol. The van der Waals surface area contributed by atoms with Gasteiger partial charge < -0.3 is 9.94 Å². The first kappa shape index (κ1) is 6.66. The van der Waals surface area contributed by atoms with Gasteiger partial charge in [0.15, 0.2) is 0 Å². The summed E-state index contributed by atoms with van der Waals surface area (Å²) in [5.74, 6) is 0. The fraction of sp³-hybridized carbons (Fsp3) is 0.500. The molecule has 0 fully saturated rings. The molecule has 0 aromatic carbocycles. The Balaban J connectivity index is 2.94. The number of aromatic amines is 1. The summed E-state index contributed by atoms with van der Waals surface area (Å²) in [6.45, 7) is 2.07. The second-order valence-electron chi connectivity index (χ2n) is 1.56. The zero-order chi connectivity index (χ0) is 7.56. The molecule has 2 N–H and O–H groups in total. The molecule has 1 aromatic heterocycles. The third-order valence-corrected chi connectivity index (χ3v) is 0.894. The zero-order valence-electron chi connectivity index (χ0n) is 5.37. The first-order valence-corrected chi connectivity index (χ1v) is 2.75. The molecule has 0 atom stereocenters. The average Bonchev–Trinajstić information content (AvgIpc) is 2.20. The first-order chi connectivity index (χ1) is 4.75. The van der Waals surface area contributed by atoms with Gasteiger partial charge in [0.05, 0.1) is 6.61 Å². The van der Waals surface area contributed by atoms with E-state index in [0.717, 1.165) is 0 Å². The quantitative estimate of drug-likeness (QED) is 0.534. The molecule has 0 aliphatic heterocycles. The Morgan fingerprint density at radius 1 is 1.90 bits per heavy atom. The predicted molar refractivity (Wildman–Crippen MR) is 31.2 cm³/mol. The third kappa shape index (κ3) is 0.949. The maximum absolute atomic E-state index is 10.4. The molecule has 6 heteroatoms. The molecule has 10 heavy (non-hydrogen) atoms. The topological polar surface area (TPSA) is 80.1 Å². The molecule has 1 heterocycles. The lowest BCUT2D eigenvalue weighted by molar-refractivity contribution is 0.132. The monoisotopic (exact) mass is 145 g/mol. The molecule has 0 radical (unpaired) electrons. The molecule has 56 valence electrons. The minimum Gasteiger partial charge on any atom is -0.462 e. The van der Waals surface area contributed by atoms with Gasteiger partial charge in [-0.1, -0.05) is 4.73 Å². The Bertz CT molecular complexity index is 263.